The fourth-order valence-electron chi connectivity index (χ4n) is 4.41. The Labute approximate surface area is 256 Å². The first-order valence-corrected chi connectivity index (χ1v) is 15.4. The summed E-state index contributed by atoms with van der Waals surface area (Å²) in [5.74, 6) is 0. The van der Waals surface area contributed by atoms with Gasteiger partial charge in [-0.1, -0.05) is 30.9 Å². The Bertz CT molecular complexity index is 2020. The molecule has 0 atom stereocenters. The van der Waals surface area contributed by atoms with Crippen LogP contribution >= 0.6 is 34.4 Å². The number of thiophene rings is 2. The summed E-state index contributed by atoms with van der Waals surface area (Å²) >= 11 is 4.86. The van der Waals surface area contributed by atoms with Gasteiger partial charge >= 0.3 is 12.4 Å². The molecule has 0 bridgehead atoms. The van der Waals surface area contributed by atoms with E-state index in [2.05, 4.69) is 24.1 Å². The van der Waals surface area contributed by atoms with Crippen LogP contribution in [0.2, 0.25) is 0 Å². The number of hydrogen-bond donors (Lipinski definition) is 0. The second kappa shape index (κ2) is 11.1. The lowest BCUT2D eigenvalue weighted by atomic mass is 10.0. The normalized spacial score (nSPS) is 13.7. The van der Waals surface area contributed by atoms with Crippen LogP contribution < -0.4 is 0 Å². The van der Waals surface area contributed by atoms with Crippen LogP contribution in [0.3, 0.4) is 0 Å². The molecule has 1 aliphatic heterocycles. The highest BCUT2D eigenvalue weighted by Crippen LogP contribution is 2.54. The first kappa shape index (κ1) is 29.4. The molecule has 0 radical (unpaired) electrons. The summed E-state index contributed by atoms with van der Waals surface area (Å²) < 4.78 is 96.2. The van der Waals surface area contributed by atoms with Crippen LogP contribution in [0.15, 0.2) is 87.6 Å². The summed E-state index contributed by atoms with van der Waals surface area (Å²) in [5.41, 5.74) is 3.52. The molecule has 0 saturated carbocycles. The van der Waals surface area contributed by atoms with Gasteiger partial charge in [-0.2, -0.15) is 43.8 Å². The average Bonchev–Trinajstić information content (AvgIpc) is 3.78. The largest absolute Gasteiger partial charge is 0.416 e. The van der Waals surface area contributed by atoms with Gasteiger partial charge in [0.1, 0.15) is 22.4 Å². The van der Waals surface area contributed by atoms with Gasteiger partial charge in [-0.05, 0) is 60.5 Å². The lowest BCUT2D eigenvalue weighted by Crippen LogP contribution is -2.08. The van der Waals surface area contributed by atoms with Gasteiger partial charge < -0.3 is 0 Å². The zero-order valence-electron chi connectivity index (χ0n) is 21.7. The third-order valence-electron chi connectivity index (χ3n) is 6.55. The van der Waals surface area contributed by atoms with Gasteiger partial charge in [0.05, 0.1) is 28.6 Å². The van der Waals surface area contributed by atoms with Crippen molar-refractivity contribution in [1.29, 1.82) is 0 Å². The Kier molecular flexibility index (Phi) is 7.57. The summed E-state index contributed by atoms with van der Waals surface area (Å²) in [5, 5.41) is 0. The van der Waals surface area contributed by atoms with E-state index in [-0.39, 0.29) is 0 Å². The third-order valence-corrected chi connectivity index (χ3v) is 9.91. The molecule has 0 N–H and O–H groups in total. The van der Waals surface area contributed by atoms with Gasteiger partial charge in [-0.15, -0.1) is 22.7 Å². The monoisotopic (exact) mass is 662 g/mol. The Morgan fingerprint density at radius 3 is 1.91 bits per heavy atom. The van der Waals surface area contributed by atoms with Crippen molar-refractivity contribution in [3.05, 3.63) is 89.4 Å². The average molecular weight is 663 g/mol. The van der Waals surface area contributed by atoms with Crippen LogP contribution in [0.5, 0.6) is 0 Å². The molecule has 1 aliphatic rings. The molecule has 218 valence electrons. The summed E-state index contributed by atoms with van der Waals surface area (Å²) in [4.78, 5) is 3.15. The smallest absolute Gasteiger partial charge is 0.172 e. The third kappa shape index (κ3) is 5.55. The van der Waals surface area contributed by atoms with E-state index in [0.717, 1.165) is 71.9 Å². The Balaban J connectivity index is 1.40. The summed E-state index contributed by atoms with van der Waals surface area (Å²) in [6.45, 7) is 4.84. The SMILES string of the molecule is C=C(/C=C\C(=C/C)c1ccc(-c2c3c(c(-c4ccc(-c5ccc(C(F)(F)F)cc5)s4)c4nsnc24)N=S=N3)s1)C(F)(F)F. The number of alkyl halides is 6. The highest BCUT2D eigenvalue weighted by atomic mass is 32.1. The van der Waals surface area contributed by atoms with E-state index >= 15 is 0 Å². The van der Waals surface area contributed by atoms with E-state index < -0.39 is 23.5 Å². The Morgan fingerprint density at radius 2 is 1.33 bits per heavy atom. The predicted octanol–water partition coefficient (Wildman–Crippen LogP) is 11.6. The molecule has 4 nitrogen and oxygen atoms in total. The topological polar surface area (TPSA) is 50.5 Å². The van der Waals surface area contributed by atoms with Gasteiger partial charge in [0.25, 0.3) is 0 Å². The van der Waals surface area contributed by atoms with Crippen molar-refractivity contribution in [1.82, 2.24) is 8.75 Å². The molecule has 0 saturated heterocycles. The van der Waals surface area contributed by atoms with Crippen LogP contribution in [-0.4, -0.2) is 14.9 Å². The van der Waals surface area contributed by atoms with E-state index in [4.69, 9.17) is 0 Å². The van der Waals surface area contributed by atoms with E-state index in [9.17, 15) is 26.3 Å². The van der Waals surface area contributed by atoms with Crippen LogP contribution in [-0.2, 0) is 17.5 Å². The Hall–Kier alpha value is -3.72. The van der Waals surface area contributed by atoms with E-state index in [1.807, 2.05) is 24.3 Å². The van der Waals surface area contributed by atoms with Crippen molar-refractivity contribution in [2.24, 2.45) is 8.73 Å². The molecule has 0 spiro atoms. The molecule has 3 aromatic heterocycles. The van der Waals surface area contributed by atoms with E-state index in [0.29, 0.717) is 33.5 Å². The molecule has 43 heavy (non-hydrogen) atoms. The van der Waals surface area contributed by atoms with Crippen molar-refractivity contribution in [2.75, 3.05) is 0 Å². The first-order valence-electron chi connectivity index (χ1n) is 12.3. The minimum absolute atomic E-state index is 0.605. The lowest BCUT2D eigenvalue weighted by Gasteiger charge is -2.09. The van der Waals surface area contributed by atoms with Crippen molar-refractivity contribution >= 4 is 73.7 Å². The molecule has 14 heteroatoms. The summed E-state index contributed by atoms with van der Waals surface area (Å²) in [7, 11) is 0. The number of allylic oxidation sites excluding steroid dienone is 5. The highest BCUT2D eigenvalue weighted by Gasteiger charge is 2.31. The first-order chi connectivity index (χ1) is 20.5. The van der Waals surface area contributed by atoms with Gasteiger partial charge in [-0.3, -0.25) is 0 Å². The molecular weight excluding hydrogens is 647 g/mol. The van der Waals surface area contributed by atoms with Crippen LogP contribution in [0, 0.1) is 0 Å². The zero-order chi connectivity index (χ0) is 30.5. The highest BCUT2D eigenvalue weighted by molar-refractivity contribution is 7.58. The summed E-state index contributed by atoms with van der Waals surface area (Å²) in [6, 6.07) is 12.4. The number of aromatic nitrogens is 2. The predicted molar refractivity (Wildman–Crippen MR) is 164 cm³/mol. The minimum atomic E-state index is -4.51. The van der Waals surface area contributed by atoms with E-state index in [1.54, 1.807) is 13.0 Å². The molecular formula is C29H16F6N4S4. The second-order valence-electron chi connectivity index (χ2n) is 9.18. The number of nitrogens with zero attached hydrogens (tertiary/aromatic N) is 4. The maximum atomic E-state index is 13.0. The Morgan fingerprint density at radius 1 is 0.744 bits per heavy atom. The molecule has 0 amide bonds. The number of rotatable bonds is 6. The van der Waals surface area contributed by atoms with Gasteiger partial charge in [-0.25, -0.2) is 0 Å². The molecule has 6 rings (SSSR count). The van der Waals surface area contributed by atoms with Crippen LogP contribution in [0.1, 0.15) is 17.4 Å². The van der Waals surface area contributed by atoms with Gasteiger partial charge in [0.2, 0.25) is 0 Å². The molecule has 0 aliphatic carbocycles. The fourth-order valence-corrected chi connectivity index (χ4v) is 7.69. The second-order valence-corrected chi connectivity index (χ2v) is 12.4. The maximum Gasteiger partial charge on any atom is 0.416 e. The number of halogens is 6. The molecule has 5 aromatic rings. The molecule has 0 fully saturated rings. The van der Waals surface area contributed by atoms with Crippen LogP contribution in [0.25, 0.3) is 47.9 Å². The standard InChI is InChI=1S/C29H16F6N4S4/c1-3-15(5-4-14(2)28(30,31)32)18-10-12-20(40-18)22-24-26(38-42-36-24)23(27-25(22)37-43-39-27)21-13-11-19(41-21)16-6-8-17(9-7-16)29(33,34)35/h3-13H,2H2,1H3/b5-4-,15-3+. The molecule has 2 aromatic carbocycles. The molecule has 0 unspecified atom stereocenters. The number of hydrogen-bond acceptors (Lipinski definition) is 7. The zero-order valence-corrected chi connectivity index (χ0v) is 25.0. The van der Waals surface area contributed by atoms with Crippen LogP contribution in [0.4, 0.5) is 37.7 Å². The van der Waals surface area contributed by atoms with E-state index in [1.165, 1.54) is 40.9 Å². The van der Waals surface area contributed by atoms with Crippen molar-refractivity contribution < 1.29 is 26.3 Å². The number of fused-ring (bicyclic) bond motifs is 2. The van der Waals surface area contributed by atoms with Crippen molar-refractivity contribution in [3.63, 3.8) is 0 Å². The van der Waals surface area contributed by atoms with Crippen molar-refractivity contribution in [2.45, 2.75) is 19.3 Å². The quantitative estimate of drug-likeness (QED) is 0.132. The molecule has 4 heterocycles. The van der Waals surface area contributed by atoms with Gasteiger partial charge in [0.15, 0.2) is 0 Å². The number of benzene rings is 2. The lowest BCUT2D eigenvalue weighted by molar-refractivity contribution is -0.137. The van der Waals surface area contributed by atoms with Gasteiger partial charge in [0, 0.05) is 36.2 Å². The maximum absolute atomic E-state index is 13.0. The summed E-state index contributed by atoms with van der Waals surface area (Å²) in [6.07, 6.45) is -4.85. The minimum Gasteiger partial charge on any atom is -0.172 e. The van der Waals surface area contributed by atoms with Crippen molar-refractivity contribution in [3.8, 4) is 31.3 Å². The fraction of sp³-hybridized carbons (Fsp3) is 0.103.